The van der Waals surface area contributed by atoms with E-state index in [-0.39, 0.29) is 0 Å². The number of amidine groups is 1. The van der Waals surface area contributed by atoms with E-state index in [4.69, 9.17) is 23.1 Å². The first-order chi connectivity index (χ1) is 11.5. The third-order valence-electron chi connectivity index (χ3n) is 4.02. The predicted octanol–water partition coefficient (Wildman–Crippen LogP) is 3.44. The Bertz CT molecular complexity index is 733. The van der Waals surface area contributed by atoms with Gasteiger partial charge in [0.25, 0.3) is 0 Å². The largest absolute Gasteiger partial charge is 0.390 e. The van der Waals surface area contributed by atoms with Crippen LogP contribution in [0.3, 0.4) is 0 Å². The minimum Gasteiger partial charge on any atom is -0.390 e. The number of allylic oxidation sites excluding steroid dienone is 1. The lowest BCUT2D eigenvalue weighted by molar-refractivity contribution is 0.351. The maximum absolute atomic E-state index is 6.21. The van der Waals surface area contributed by atoms with Crippen LogP contribution in [0.1, 0.15) is 32.3 Å². The summed E-state index contributed by atoms with van der Waals surface area (Å²) in [6.45, 7) is 5.21. The van der Waals surface area contributed by atoms with Crippen molar-refractivity contribution in [3.05, 3.63) is 58.6 Å². The molecule has 24 heavy (non-hydrogen) atoms. The molecule has 1 aromatic rings. The van der Waals surface area contributed by atoms with Gasteiger partial charge in [-0.1, -0.05) is 50.3 Å². The lowest BCUT2D eigenvalue weighted by Gasteiger charge is -2.29. The third kappa shape index (κ3) is 4.56. The molecule has 1 aliphatic rings. The Balaban J connectivity index is 2.31. The molecule has 1 aromatic carbocycles. The van der Waals surface area contributed by atoms with Crippen molar-refractivity contribution in [3.63, 3.8) is 0 Å². The average Bonchev–Trinajstić information content (AvgIpc) is 2.57. The topological polar surface area (TPSA) is 67.6 Å². The van der Waals surface area contributed by atoms with Crippen molar-refractivity contribution in [2.45, 2.75) is 26.7 Å². The monoisotopic (exact) mass is 342 g/mol. The summed E-state index contributed by atoms with van der Waals surface area (Å²) in [5.74, 6) is 6.95. The van der Waals surface area contributed by atoms with E-state index in [2.05, 4.69) is 30.7 Å². The van der Waals surface area contributed by atoms with Crippen LogP contribution in [0.15, 0.2) is 53.1 Å². The van der Waals surface area contributed by atoms with Crippen LogP contribution in [0, 0.1) is 17.8 Å². The fourth-order valence-electron chi connectivity index (χ4n) is 2.51. The fraction of sp³-hybridized carbons (Fsp3) is 0.316. The Morgan fingerprint density at radius 3 is 2.75 bits per heavy atom. The van der Waals surface area contributed by atoms with Gasteiger partial charge in [-0.05, 0) is 30.0 Å². The van der Waals surface area contributed by atoms with Gasteiger partial charge < -0.3 is 16.4 Å². The van der Waals surface area contributed by atoms with E-state index in [1.165, 1.54) is 0 Å². The van der Waals surface area contributed by atoms with Crippen molar-refractivity contribution in [1.29, 1.82) is 0 Å². The summed E-state index contributed by atoms with van der Waals surface area (Å²) in [5, 5.41) is 0.644. The van der Waals surface area contributed by atoms with Crippen molar-refractivity contribution in [2.24, 2.45) is 22.4 Å². The van der Waals surface area contributed by atoms with Crippen LogP contribution in [0.4, 0.5) is 0 Å². The zero-order valence-corrected chi connectivity index (χ0v) is 14.8. The molecule has 0 fully saturated rings. The predicted molar refractivity (Wildman–Crippen MR) is 101 cm³/mol. The lowest BCUT2D eigenvalue weighted by Crippen LogP contribution is -2.35. The minimum absolute atomic E-state index is 0.390. The number of nitrogens with two attached hydrogens (primary N) is 2. The SMILES string of the molecule is CCC(CC)CN1C=CN=C(N)/C1=C(/N)C#Cc1cccc(Cl)c1. The number of hydrogen-bond donors (Lipinski definition) is 2. The molecule has 2 rings (SSSR count). The molecule has 0 bridgehead atoms. The smallest absolute Gasteiger partial charge is 0.150 e. The third-order valence-corrected chi connectivity index (χ3v) is 4.26. The zero-order chi connectivity index (χ0) is 17.5. The summed E-state index contributed by atoms with van der Waals surface area (Å²) in [7, 11) is 0. The van der Waals surface area contributed by atoms with Gasteiger partial charge in [0.15, 0.2) is 0 Å². The van der Waals surface area contributed by atoms with Gasteiger partial charge in [-0.25, -0.2) is 4.99 Å². The van der Waals surface area contributed by atoms with Gasteiger partial charge in [0.1, 0.15) is 17.2 Å². The van der Waals surface area contributed by atoms with E-state index in [0.29, 0.717) is 28.2 Å². The van der Waals surface area contributed by atoms with Gasteiger partial charge in [-0.3, -0.25) is 0 Å². The highest BCUT2D eigenvalue weighted by Gasteiger charge is 2.20. The van der Waals surface area contributed by atoms with Crippen molar-refractivity contribution >= 4 is 17.4 Å². The molecule has 0 spiro atoms. The van der Waals surface area contributed by atoms with Crippen molar-refractivity contribution in [3.8, 4) is 11.8 Å². The Hall–Kier alpha value is -2.38. The van der Waals surface area contributed by atoms with Crippen LogP contribution in [0.5, 0.6) is 0 Å². The molecule has 0 saturated heterocycles. The molecule has 1 aliphatic heterocycles. The van der Waals surface area contributed by atoms with Crippen molar-refractivity contribution in [2.75, 3.05) is 6.54 Å². The number of benzene rings is 1. The zero-order valence-electron chi connectivity index (χ0n) is 14.1. The second-order valence-corrected chi connectivity index (χ2v) is 6.11. The van der Waals surface area contributed by atoms with Gasteiger partial charge in [0.2, 0.25) is 0 Å². The van der Waals surface area contributed by atoms with Crippen molar-refractivity contribution < 1.29 is 0 Å². The highest BCUT2D eigenvalue weighted by molar-refractivity contribution is 6.30. The molecule has 126 valence electrons. The van der Waals surface area contributed by atoms with E-state index >= 15 is 0 Å². The first kappa shape index (κ1) is 18.0. The molecule has 0 aliphatic carbocycles. The number of hydrogen-bond acceptors (Lipinski definition) is 4. The van der Waals surface area contributed by atoms with Crippen LogP contribution in [-0.4, -0.2) is 17.3 Å². The van der Waals surface area contributed by atoms with E-state index < -0.39 is 0 Å². The molecule has 0 saturated carbocycles. The lowest BCUT2D eigenvalue weighted by atomic mass is 10.0. The van der Waals surface area contributed by atoms with Gasteiger partial charge >= 0.3 is 0 Å². The summed E-state index contributed by atoms with van der Waals surface area (Å²) in [5.41, 5.74) is 14.2. The molecular weight excluding hydrogens is 320 g/mol. The first-order valence-electron chi connectivity index (χ1n) is 8.09. The molecule has 0 atom stereocenters. The van der Waals surface area contributed by atoms with Gasteiger partial charge in [0, 0.05) is 29.5 Å². The fourth-order valence-corrected chi connectivity index (χ4v) is 2.70. The highest BCUT2D eigenvalue weighted by Crippen LogP contribution is 2.19. The number of aliphatic imine (C=N–C) groups is 1. The molecule has 0 unspecified atom stereocenters. The van der Waals surface area contributed by atoms with Crippen LogP contribution in [-0.2, 0) is 0 Å². The normalized spacial score (nSPS) is 15.8. The summed E-state index contributed by atoms with van der Waals surface area (Å²) in [6.07, 6.45) is 5.79. The maximum atomic E-state index is 6.21. The van der Waals surface area contributed by atoms with Crippen LogP contribution in [0.2, 0.25) is 5.02 Å². The maximum Gasteiger partial charge on any atom is 0.150 e. The van der Waals surface area contributed by atoms with E-state index in [1.807, 2.05) is 29.3 Å². The Morgan fingerprint density at radius 1 is 1.33 bits per heavy atom. The van der Waals surface area contributed by atoms with E-state index in [0.717, 1.165) is 24.9 Å². The molecule has 1 heterocycles. The second-order valence-electron chi connectivity index (χ2n) is 5.67. The quantitative estimate of drug-likeness (QED) is 0.823. The van der Waals surface area contributed by atoms with E-state index in [1.54, 1.807) is 12.3 Å². The van der Waals surface area contributed by atoms with Crippen LogP contribution in [0.25, 0.3) is 0 Å². The van der Waals surface area contributed by atoms with Gasteiger partial charge in [-0.15, -0.1) is 0 Å². The Kier molecular flexibility index (Phi) is 6.34. The van der Waals surface area contributed by atoms with Crippen molar-refractivity contribution in [1.82, 2.24) is 4.90 Å². The second kappa shape index (κ2) is 8.47. The standard InChI is InChI=1S/C19H23ClN4/c1-3-14(4-2)13-24-11-10-23-19(22)18(24)17(21)9-8-15-6-5-7-16(20)12-15/h5-7,10-12,14H,3-4,13,21H2,1-2H3,(H2,22,23)/b18-17-. The Labute approximate surface area is 148 Å². The molecule has 5 heteroatoms. The molecular formula is C19H23ClN4. The van der Waals surface area contributed by atoms with Gasteiger partial charge in [-0.2, -0.15) is 0 Å². The molecule has 0 amide bonds. The molecule has 0 aromatic heterocycles. The molecule has 0 radical (unpaired) electrons. The average molecular weight is 343 g/mol. The molecule has 4 nitrogen and oxygen atoms in total. The Morgan fingerprint density at radius 2 is 2.08 bits per heavy atom. The number of nitrogens with zero attached hydrogens (tertiary/aromatic N) is 2. The molecule has 4 N–H and O–H groups in total. The van der Waals surface area contributed by atoms with Crippen LogP contribution >= 0.6 is 11.6 Å². The highest BCUT2D eigenvalue weighted by atomic mass is 35.5. The summed E-state index contributed by atoms with van der Waals surface area (Å²) in [6, 6.07) is 7.35. The number of rotatable bonds is 4. The summed E-state index contributed by atoms with van der Waals surface area (Å²) >= 11 is 5.98. The van der Waals surface area contributed by atoms with Crippen LogP contribution < -0.4 is 11.5 Å². The summed E-state index contributed by atoms with van der Waals surface area (Å²) in [4.78, 5) is 6.20. The van der Waals surface area contributed by atoms with Gasteiger partial charge in [0.05, 0.1) is 0 Å². The summed E-state index contributed by atoms with van der Waals surface area (Å²) < 4.78 is 0. The first-order valence-corrected chi connectivity index (χ1v) is 8.47. The number of halogens is 1. The minimum atomic E-state index is 0.390. The van der Waals surface area contributed by atoms with E-state index in [9.17, 15) is 0 Å².